The first-order chi connectivity index (χ1) is 15.0. The number of aliphatic carboxylic acids is 1. The van der Waals surface area contributed by atoms with E-state index in [0.29, 0.717) is 36.6 Å². The Morgan fingerprint density at radius 3 is 2.06 bits per heavy atom. The Balaban J connectivity index is 0.000000193. The van der Waals surface area contributed by atoms with Crippen molar-refractivity contribution in [1.82, 2.24) is 0 Å². The molecule has 1 N–H and O–H groups in total. The van der Waals surface area contributed by atoms with E-state index in [2.05, 4.69) is 22.0 Å². The Morgan fingerprint density at radius 2 is 1.56 bits per heavy atom. The smallest absolute Gasteiger partial charge is 0.314 e. The molecule has 32 heavy (non-hydrogen) atoms. The largest absolute Gasteiger partial charge is 0.481 e. The Morgan fingerprint density at radius 1 is 1.03 bits per heavy atom. The Bertz CT molecular complexity index is 971. The first-order valence-corrected chi connectivity index (χ1v) is 11.2. The number of carboxylic acid groups (broad SMARTS) is 1. The molecule has 0 aromatic heterocycles. The van der Waals surface area contributed by atoms with Crippen molar-refractivity contribution >= 4 is 33.5 Å². The molecule has 1 aliphatic carbocycles. The normalized spacial score (nSPS) is 15.0. The predicted molar refractivity (Wildman–Crippen MR) is 124 cm³/mol. The van der Waals surface area contributed by atoms with Gasteiger partial charge in [-0.15, -0.1) is 11.6 Å². The van der Waals surface area contributed by atoms with E-state index in [0.717, 1.165) is 28.0 Å². The van der Waals surface area contributed by atoms with Gasteiger partial charge >= 0.3 is 5.97 Å². The molecule has 5 rings (SSSR count). The Kier molecular flexibility index (Phi) is 9.48. The van der Waals surface area contributed by atoms with Crippen LogP contribution in [-0.4, -0.2) is 35.9 Å². The molecule has 0 unspecified atom stereocenters. The average molecular weight is 527 g/mol. The molecule has 2 aliphatic heterocycles. The fourth-order valence-corrected chi connectivity index (χ4v) is 3.09. The van der Waals surface area contributed by atoms with Gasteiger partial charge in [0.1, 0.15) is 0 Å². The number of alkyl halides is 2. The highest BCUT2D eigenvalue weighted by molar-refractivity contribution is 9.09. The summed E-state index contributed by atoms with van der Waals surface area (Å²) in [4.78, 5) is 11.1. The molecule has 0 saturated heterocycles. The summed E-state index contributed by atoms with van der Waals surface area (Å²) in [5.41, 5.74) is 1.11. The summed E-state index contributed by atoms with van der Waals surface area (Å²) < 4.78 is 20.7. The van der Waals surface area contributed by atoms with Crippen LogP contribution in [0.15, 0.2) is 36.4 Å². The number of nitriles is 1. The van der Waals surface area contributed by atoms with Gasteiger partial charge in [0.15, 0.2) is 23.0 Å². The first kappa shape index (κ1) is 25.6. The van der Waals surface area contributed by atoms with Crippen LogP contribution in [0.3, 0.4) is 0 Å². The van der Waals surface area contributed by atoms with Gasteiger partial charge < -0.3 is 24.1 Å². The number of fused-ring (bicyclic) bond motifs is 2. The highest BCUT2D eigenvalue weighted by Gasteiger charge is 2.52. The SMILES string of the molecule is C.ClCCBr.N#CCc1ccc2c(c1)OCO2.O=C(O)C1(c2ccc3c(c2)OCO3)CC1. The van der Waals surface area contributed by atoms with Gasteiger partial charge in [-0.3, -0.25) is 4.79 Å². The van der Waals surface area contributed by atoms with E-state index < -0.39 is 11.4 Å². The average Bonchev–Trinajstić information content (AvgIpc) is 3.25. The van der Waals surface area contributed by atoms with Gasteiger partial charge in [-0.25, -0.2) is 0 Å². The van der Waals surface area contributed by atoms with E-state index in [1.54, 1.807) is 12.1 Å². The highest BCUT2D eigenvalue weighted by Crippen LogP contribution is 2.50. The molecule has 172 valence electrons. The van der Waals surface area contributed by atoms with Crippen molar-refractivity contribution in [3.05, 3.63) is 47.5 Å². The van der Waals surface area contributed by atoms with Gasteiger partial charge in [0.25, 0.3) is 0 Å². The van der Waals surface area contributed by atoms with Crippen LogP contribution >= 0.6 is 27.5 Å². The van der Waals surface area contributed by atoms with Gasteiger partial charge in [0.2, 0.25) is 13.6 Å². The number of carbonyl (C=O) groups is 1. The second-order valence-corrected chi connectivity index (χ2v) is 8.03. The van der Waals surface area contributed by atoms with Crippen molar-refractivity contribution in [2.45, 2.75) is 32.1 Å². The van der Waals surface area contributed by atoms with Gasteiger partial charge in [0.05, 0.1) is 17.9 Å². The van der Waals surface area contributed by atoms with Crippen LogP contribution in [0.2, 0.25) is 0 Å². The van der Waals surface area contributed by atoms with Gasteiger partial charge in [-0.2, -0.15) is 5.26 Å². The summed E-state index contributed by atoms with van der Waals surface area (Å²) >= 11 is 8.26. The number of ether oxygens (including phenoxy) is 4. The molecule has 1 fully saturated rings. The quantitative estimate of drug-likeness (QED) is 0.542. The van der Waals surface area contributed by atoms with E-state index >= 15 is 0 Å². The number of carboxylic acids is 1. The summed E-state index contributed by atoms with van der Waals surface area (Å²) in [5, 5.41) is 18.5. The lowest BCUT2D eigenvalue weighted by Crippen LogP contribution is -2.19. The molecule has 9 heteroatoms. The predicted octanol–water partition coefficient (Wildman–Crippen LogP) is 5.27. The van der Waals surface area contributed by atoms with Crippen molar-refractivity contribution in [3.8, 4) is 29.1 Å². The molecular weight excluding hydrogens is 502 g/mol. The molecule has 0 amide bonds. The van der Waals surface area contributed by atoms with E-state index in [1.807, 2.05) is 24.3 Å². The van der Waals surface area contributed by atoms with Crippen molar-refractivity contribution in [1.29, 1.82) is 5.26 Å². The molecular formula is C23H25BrClNO6. The number of hydrogen-bond donors (Lipinski definition) is 1. The van der Waals surface area contributed by atoms with Crippen LogP contribution in [0.5, 0.6) is 23.0 Å². The minimum atomic E-state index is -0.749. The molecule has 0 bridgehead atoms. The monoisotopic (exact) mass is 525 g/mol. The molecule has 3 aliphatic rings. The second-order valence-electron chi connectivity index (χ2n) is 6.86. The first-order valence-electron chi connectivity index (χ1n) is 9.55. The maximum absolute atomic E-state index is 11.1. The summed E-state index contributed by atoms with van der Waals surface area (Å²) in [7, 11) is 0. The molecule has 7 nitrogen and oxygen atoms in total. The van der Waals surface area contributed by atoms with Gasteiger partial charge in [-0.1, -0.05) is 35.5 Å². The van der Waals surface area contributed by atoms with Crippen molar-refractivity contribution < 1.29 is 28.8 Å². The lowest BCUT2D eigenvalue weighted by atomic mass is 9.96. The molecule has 0 radical (unpaired) electrons. The fourth-order valence-electron chi connectivity index (χ4n) is 3.09. The Labute approximate surface area is 200 Å². The Hall–Kier alpha value is -2.63. The van der Waals surface area contributed by atoms with Gasteiger partial charge in [-0.05, 0) is 48.2 Å². The standard InChI is InChI=1S/C11H10O4.C9H7NO2.C2H4BrCl.CH4/c12-10(13)11(3-4-11)7-1-2-8-9(5-7)15-6-14-8;10-4-3-7-1-2-8-9(5-7)12-6-11-8;3-1-2-4;/h1-2,5H,3-4,6H2,(H,12,13);1-2,5H,3,6H2;1-2H2;1H4. The lowest BCUT2D eigenvalue weighted by molar-refractivity contribution is -0.140. The number of benzene rings is 2. The van der Waals surface area contributed by atoms with Crippen LogP contribution < -0.4 is 18.9 Å². The van der Waals surface area contributed by atoms with E-state index in [9.17, 15) is 4.79 Å². The summed E-state index contributed by atoms with van der Waals surface area (Å²) in [6, 6.07) is 13.0. The number of hydrogen-bond acceptors (Lipinski definition) is 6. The number of rotatable bonds is 4. The maximum atomic E-state index is 11.1. The minimum Gasteiger partial charge on any atom is -0.481 e. The van der Waals surface area contributed by atoms with Crippen LogP contribution in [0, 0.1) is 11.3 Å². The third kappa shape index (κ3) is 5.99. The summed E-state index contributed by atoms with van der Waals surface area (Å²) in [6.07, 6.45) is 1.83. The maximum Gasteiger partial charge on any atom is 0.314 e. The highest BCUT2D eigenvalue weighted by atomic mass is 79.9. The second kappa shape index (κ2) is 11.8. The van der Waals surface area contributed by atoms with Crippen molar-refractivity contribution in [2.75, 3.05) is 24.8 Å². The van der Waals surface area contributed by atoms with Crippen molar-refractivity contribution in [2.24, 2.45) is 0 Å². The van der Waals surface area contributed by atoms with E-state index in [1.165, 1.54) is 0 Å². The van der Waals surface area contributed by atoms with Gasteiger partial charge in [0, 0.05) is 11.2 Å². The molecule has 0 spiro atoms. The van der Waals surface area contributed by atoms with Crippen molar-refractivity contribution in [3.63, 3.8) is 0 Å². The van der Waals surface area contributed by atoms with E-state index in [-0.39, 0.29) is 21.0 Å². The fraction of sp³-hybridized carbons (Fsp3) is 0.391. The van der Waals surface area contributed by atoms with Crippen LogP contribution in [-0.2, 0) is 16.6 Å². The third-order valence-corrected chi connectivity index (χ3v) is 5.92. The molecule has 2 aromatic rings. The molecule has 1 saturated carbocycles. The zero-order valence-corrected chi connectivity index (χ0v) is 18.9. The third-order valence-electron chi connectivity index (χ3n) is 4.88. The summed E-state index contributed by atoms with van der Waals surface area (Å²) in [5.74, 6) is 2.81. The summed E-state index contributed by atoms with van der Waals surface area (Å²) in [6.45, 7) is 0.504. The molecule has 2 heterocycles. The molecule has 2 aromatic carbocycles. The zero-order valence-electron chi connectivity index (χ0n) is 16.6. The van der Waals surface area contributed by atoms with Crippen LogP contribution in [0.1, 0.15) is 31.4 Å². The van der Waals surface area contributed by atoms with Crippen LogP contribution in [0.4, 0.5) is 0 Å². The van der Waals surface area contributed by atoms with Crippen LogP contribution in [0.25, 0.3) is 0 Å². The zero-order chi connectivity index (χ0) is 22.3. The minimum absolute atomic E-state index is 0. The number of halogens is 2. The topological polar surface area (TPSA) is 98.0 Å². The van der Waals surface area contributed by atoms with E-state index in [4.69, 9.17) is 40.9 Å². The lowest BCUT2D eigenvalue weighted by Gasteiger charge is -2.10. The number of nitrogens with zero attached hydrogens (tertiary/aromatic N) is 1. The molecule has 0 atom stereocenters.